The van der Waals surface area contributed by atoms with Crippen LogP contribution in [0.5, 0.6) is 0 Å². The molecule has 0 saturated heterocycles. The van der Waals surface area contributed by atoms with E-state index in [9.17, 15) is 9.59 Å². The molecule has 0 aliphatic heterocycles. The molecule has 0 radical (unpaired) electrons. The molecule has 2 N–H and O–H groups in total. The van der Waals surface area contributed by atoms with Crippen molar-refractivity contribution in [1.29, 1.82) is 10.5 Å². The number of hydrogen-bond donors (Lipinski definition) is 2. The van der Waals surface area contributed by atoms with Crippen LogP contribution in [-0.2, 0) is 9.59 Å². The van der Waals surface area contributed by atoms with Crippen LogP contribution >= 0.6 is 0 Å². The summed E-state index contributed by atoms with van der Waals surface area (Å²) in [6.07, 6.45) is 1.12. The quantitative estimate of drug-likeness (QED) is 0.632. The number of carbonyl (C=O) groups is 2. The summed E-state index contributed by atoms with van der Waals surface area (Å²) >= 11 is 0. The molecule has 0 spiro atoms. The predicted octanol–water partition coefficient (Wildman–Crippen LogP) is 0.772. The Bertz CT molecular complexity index is 242. The van der Waals surface area contributed by atoms with Gasteiger partial charge in [0.05, 0.1) is 12.1 Å². The van der Waals surface area contributed by atoms with Crippen molar-refractivity contribution in [3.05, 3.63) is 12.2 Å². The average molecular weight is 198 g/mol. The lowest BCUT2D eigenvalue weighted by molar-refractivity contribution is -0.134. The smallest absolute Gasteiger partial charge is 0.328 e. The fraction of sp³-hybridized carbons (Fsp3) is 0.250. The first-order valence-electron chi connectivity index (χ1n) is 3.21. The van der Waals surface area contributed by atoms with Crippen molar-refractivity contribution in [3.63, 3.8) is 0 Å². The molecule has 0 saturated carbocycles. The number of carboxylic acids is 2. The van der Waals surface area contributed by atoms with Gasteiger partial charge in [0, 0.05) is 26.0 Å². The molecule has 0 aliphatic rings. The number of nitriles is 2. The van der Waals surface area contributed by atoms with Crippen LogP contribution < -0.4 is 0 Å². The van der Waals surface area contributed by atoms with E-state index in [4.69, 9.17) is 20.7 Å². The molecule has 6 nitrogen and oxygen atoms in total. The van der Waals surface area contributed by atoms with Gasteiger partial charge in [-0.1, -0.05) is 0 Å². The van der Waals surface area contributed by atoms with Gasteiger partial charge in [-0.3, -0.25) is 0 Å². The second-order valence-corrected chi connectivity index (χ2v) is 1.46. The zero-order valence-electron chi connectivity index (χ0n) is 7.76. The highest BCUT2D eigenvalue weighted by atomic mass is 16.4. The Hall–Kier alpha value is -2.34. The molecule has 0 unspecified atom stereocenters. The van der Waals surface area contributed by atoms with E-state index in [1.54, 1.807) is 12.1 Å². The molecular weight excluding hydrogens is 188 g/mol. The van der Waals surface area contributed by atoms with E-state index in [-0.39, 0.29) is 0 Å². The molecule has 0 fully saturated rings. The van der Waals surface area contributed by atoms with E-state index in [1.165, 1.54) is 13.8 Å². The Morgan fingerprint density at radius 3 is 1.21 bits per heavy atom. The number of nitrogens with zero attached hydrogens (tertiary/aromatic N) is 2. The van der Waals surface area contributed by atoms with Crippen LogP contribution in [0, 0.1) is 22.7 Å². The maximum atomic E-state index is 9.55. The lowest BCUT2D eigenvalue weighted by Crippen LogP contribution is -1.91. The minimum Gasteiger partial charge on any atom is -0.478 e. The molecule has 0 aliphatic carbocycles. The van der Waals surface area contributed by atoms with Crippen LogP contribution in [0.25, 0.3) is 0 Å². The van der Waals surface area contributed by atoms with Gasteiger partial charge in [-0.2, -0.15) is 10.5 Å². The summed E-state index contributed by atoms with van der Waals surface area (Å²) in [4.78, 5) is 19.1. The average Bonchev–Trinajstić information content (AvgIpc) is 2.04. The maximum Gasteiger partial charge on any atom is 0.328 e. The minimum absolute atomic E-state index is 0.558. The summed E-state index contributed by atoms with van der Waals surface area (Å²) < 4.78 is 0. The van der Waals surface area contributed by atoms with Crippen molar-refractivity contribution >= 4 is 11.9 Å². The molecule has 0 aromatic carbocycles. The number of hydrogen-bond acceptors (Lipinski definition) is 4. The number of aliphatic carboxylic acids is 2. The molecule has 0 bridgehead atoms. The highest BCUT2D eigenvalue weighted by Crippen LogP contribution is 1.70. The van der Waals surface area contributed by atoms with Gasteiger partial charge >= 0.3 is 11.9 Å². The lowest BCUT2D eigenvalue weighted by Gasteiger charge is -1.74. The Labute approximate surface area is 81.3 Å². The fourth-order valence-corrected chi connectivity index (χ4v) is 0.143. The predicted molar refractivity (Wildman–Crippen MR) is 47.0 cm³/mol. The van der Waals surface area contributed by atoms with Crippen LogP contribution in [0.2, 0.25) is 0 Å². The molecule has 14 heavy (non-hydrogen) atoms. The van der Waals surface area contributed by atoms with Crippen LogP contribution in [0.15, 0.2) is 12.2 Å². The first-order chi connectivity index (χ1) is 6.45. The number of rotatable bonds is 2. The van der Waals surface area contributed by atoms with Crippen molar-refractivity contribution in [3.8, 4) is 12.1 Å². The summed E-state index contributed by atoms with van der Waals surface area (Å²) in [7, 11) is 0. The third-order valence-corrected chi connectivity index (χ3v) is 0.368. The summed E-state index contributed by atoms with van der Waals surface area (Å²) in [5.41, 5.74) is 0. The first-order valence-corrected chi connectivity index (χ1v) is 3.21. The van der Waals surface area contributed by atoms with Crippen LogP contribution in [-0.4, -0.2) is 22.2 Å². The minimum atomic E-state index is -1.26. The van der Waals surface area contributed by atoms with Crippen molar-refractivity contribution in [2.45, 2.75) is 13.8 Å². The highest BCUT2D eigenvalue weighted by Gasteiger charge is 1.88. The van der Waals surface area contributed by atoms with Gasteiger partial charge in [-0.05, 0) is 0 Å². The van der Waals surface area contributed by atoms with E-state index in [0.717, 1.165) is 0 Å². The Kier molecular flexibility index (Phi) is 21.4. The standard InChI is InChI=1S/C4H4O4.2C2H3N/c5-3(6)1-2-4(7)8;2*1-2-3/h1-2H,(H,5,6)(H,7,8);2*1H3/b2-1+;;. The Morgan fingerprint density at radius 1 is 1.00 bits per heavy atom. The van der Waals surface area contributed by atoms with Gasteiger partial charge in [0.2, 0.25) is 0 Å². The summed E-state index contributed by atoms with van der Waals surface area (Å²) in [6, 6.07) is 3.50. The van der Waals surface area contributed by atoms with Gasteiger partial charge in [0.15, 0.2) is 0 Å². The second-order valence-electron chi connectivity index (χ2n) is 1.46. The van der Waals surface area contributed by atoms with Gasteiger partial charge in [-0.25, -0.2) is 9.59 Å². The van der Waals surface area contributed by atoms with Crippen molar-refractivity contribution < 1.29 is 19.8 Å². The SMILES string of the molecule is CC#N.CC#N.O=C(O)/C=C/C(=O)O. The summed E-state index contributed by atoms with van der Waals surface area (Å²) in [6.45, 7) is 2.86. The van der Waals surface area contributed by atoms with E-state index in [2.05, 4.69) is 0 Å². The van der Waals surface area contributed by atoms with Crippen molar-refractivity contribution in [2.24, 2.45) is 0 Å². The van der Waals surface area contributed by atoms with Gasteiger partial charge in [-0.15, -0.1) is 0 Å². The topological polar surface area (TPSA) is 122 Å². The zero-order chi connectivity index (χ0) is 12.0. The van der Waals surface area contributed by atoms with E-state index >= 15 is 0 Å². The maximum absolute atomic E-state index is 9.55. The molecule has 0 aromatic heterocycles. The molecule has 6 heteroatoms. The Balaban J connectivity index is -0.000000168. The fourth-order valence-electron chi connectivity index (χ4n) is 0.143. The van der Waals surface area contributed by atoms with Gasteiger partial charge in [0.25, 0.3) is 0 Å². The van der Waals surface area contributed by atoms with E-state index < -0.39 is 11.9 Å². The lowest BCUT2D eigenvalue weighted by atomic mass is 10.5. The molecule has 0 aromatic rings. The summed E-state index contributed by atoms with van der Waals surface area (Å²) in [5, 5.41) is 30.3. The molecular formula is C8H10N2O4. The monoisotopic (exact) mass is 198 g/mol. The largest absolute Gasteiger partial charge is 0.478 e. The molecule has 0 rings (SSSR count). The van der Waals surface area contributed by atoms with Gasteiger partial charge < -0.3 is 10.2 Å². The molecule has 0 amide bonds. The van der Waals surface area contributed by atoms with Crippen LogP contribution in [0.3, 0.4) is 0 Å². The third kappa shape index (κ3) is 102. The Morgan fingerprint density at radius 2 is 1.14 bits per heavy atom. The molecule has 76 valence electrons. The normalized spacial score (nSPS) is 6.57. The first kappa shape index (κ1) is 17.7. The highest BCUT2D eigenvalue weighted by molar-refractivity contribution is 5.89. The van der Waals surface area contributed by atoms with Gasteiger partial charge in [0.1, 0.15) is 0 Å². The molecule has 0 atom stereocenters. The summed E-state index contributed by atoms with van der Waals surface area (Å²) in [5.74, 6) is -2.51. The van der Waals surface area contributed by atoms with Crippen molar-refractivity contribution in [2.75, 3.05) is 0 Å². The molecule has 0 heterocycles. The van der Waals surface area contributed by atoms with Crippen molar-refractivity contribution in [1.82, 2.24) is 0 Å². The zero-order valence-corrected chi connectivity index (χ0v) is 7.76. The van der Waals surface area contributed by atoms with E-state index in [1.807, 2.05) is 0 Å². The third-order valence-electron chi connectivity index (χ3n) is 0.368. The number of carboxylic acid groups (broad SMARTS) is 2. The van der Waals surface area contributed by atoms with E-state index in [0.29, 0.717) is 12.2 Å². The van der Waals surface area contributed by atoms with Crippen LogP contribution in [0.1, 0.15) is 13.8 Å². The van der Waals surface area contributed by atoms with Crippen LogP contribution in [0.4, 0.5) is 0 Å². The second kappa shape index (κ2) is 17.0.